The Morgan fingerprint density at radius 1 is 1.24 bits per heavy atom. The van der Waals surface area contributed by atoms with Crippen LogP contribution in [0.1, 0.15) is 18.9 Å². The molecule has 0 atom stereocenters. The molecule has 0 radical (unpaired) electrons. The Bertz CT molecular complexity index is 1100. The molecule has 0 aliphatic heterocycles. The topological polar surface area (TPSA) is 56.5 Å². The van der Waals surface area contributed by atoms with Gasteiger partial charge in [0.05, 0.1) is 16.0 Å². The van der Waals surface area contributed by atoms with Crippen molar-refractivity contribution in [2.75, 3.05) is 6.61 Å². The summed E-state index contributed by atoms with van der Waals surface area (Å²) in [5.74, 6) is 1.44. The average Bonchev–Trinajstić information content (AvgIpc) is 3.33. The van der Waals surface area contributed by atoms with Crippen molar-refractivity contribution in [3.8, 4) is 16.5 Å². The van der Waals surface area contributed by atoms with E-state index in [1.54, 1.807) is 11.3 Å². The largest absolute Gasteiger partial charge is 0.494 e. The highest BCUT2D eigenvalue weighted by molar-refractivity contribution is 7.15. The van der Waals surface area contributed by atoms with Gasteiger partial charge in [-0.1, -0.05) is 36.5 Å². The van der Waals surface area contributed by atoms with Gasteiger partial charge in [-0.15, -0.1) is 16.4 Å². The van der Waals surface area contributed by atoms with Crippen molar-refractivity contribution < 1.29 is 4.74 Å². The minimum absolute atomic E-state index is 0.137. The first kappa shape index (κ1) is 16.0. The second-order valence-corrected chi connectivity index (χ2v) is 7.40. The molecule has 0 bridgehead atoms. The highest BCUT2D eigenvalue weighted by atomic mass is 32.1. The maximum Gasteiger partial charge on any atom is 0.291 e. The van der Waals surface area contributed by atoms with Crippen molar-refractivity contribution in [2.24, 2.45) is 0 Å². The van der Waals surface area contributed by atoms with Crippen molar-refractivity contribution in [2.45, 2.75) is 13.3 Å². The highest BCUT2D eigenvalue weighted by Crippen LogP contribution is 2.21. The zero-order valence-corrected chi connectivity index (χ0v) is 15.1. The molecular formula is C18H15N3O2S2. The fraction of sp³-hybridized carbons (Fsp3) is 0.167. The van der Waals surface area contributed by atoms with Crippen LogP contribution in [-0.4, -0.2) is 21.2 Å². The molecule has 0 saturated heterocycles. The van der Waals surface area contributed by atoms with Crippen LogP contribution in [0.5, 0.6) is 5.75 Å². The van der Waals surface area contributed by atoms with Gasteiger partial charge < -0.3 is 4.74 Å². The van der Waals surface area contributed by atoms with Crippen molar-refractivity contribution in [3.05, 3.63) is 62.2 Å². The Morgan fingerprint density at radius 3 is 2.76 bits per heavy atom. The summed E-state index contributed by atoms with van der Waals surface area (Å²) in [4.78, 5) is 18.6. The van der Waals surface area contributed by atoms with E-state index >= 15 is 0 Å². The number of hydrogen-bond acceptors (Lipinski definition) is 6. The van der Waals surface area contributed by atoms with Crippen LogP contribution in [0.25, 0.3) is 21.7 Å². The molecule has 126 valence electrons. The van der Waals surface area contributed by atoms with Crippen molar-refractivity contribution in [1.29, 1.82) is 0 Å². The molecule has 25 heavy (non-hydrogen) atoms. The second-order valence-electron chi connectivity index (χ2n) is 5.44. The second kappa shape index (κ2) is 6.78. The molecule has 4 aromatic rings. The van der Waals surface area contributed by atoms with E-state index < -0.39 is 0 Å². The summed E-state index contributed by atoms with van der Waals surface area (Å²) in [6.07, 6.45) is 2.83. The van der Waals surface area contributed by atoms with E-state index in [9.17, 15) is 4.79 Å². The van der Waals surface area contributed by atoms with Crippen molar-refractivity contribution in [1.82, 2.24) is 14.6 Å². The third-order valence-corrected chi connectivity index (χ3v) is 5.40. The number of benzene rings is 1. The molecular weight excluding hydrogens is 354 g/mol. The Morgan fingerprint density at radius 2 is 2.08 bits per heavy atom. The summed E-state index contributed by atoms with van der Waals surface area (Å²) in [6.45, 7) is 2.77. The van der Waals surface area contributed by atoms with E-state index in [1.807, 2.05) is 47.9 Å². The molecule has 0 spiro atoms. The molecule has 4 rings (SSSR count). The van der Waals surface area contributed by atoms with Crippen LogP contribution in [0.4, 0.5) is 0 Å². The number of hydrogen-bond donors (Lipinski definition) is 0. The minimum Gasteiger partial charge on any atom is -0.494 e. The number of fused-ring (bicyclic) bond motifs is 1. The Kier molecular flexibility index (Phi) is 4.33. The van der Waals surface area contributed by atoms with Crippen LogP contribution in [0.15, 0.2) is 46.6 Å². The van der Waals surface area contributed by atoms with E-state index in [0.717, 1.165) is 22.6 Å². The highest BCUT2D eigenvalue weighted by Gasteiger charge is 2.12. The number of thiazole rings is 1. The lowest BCUT2D eigenvalue weighted by Crippen LogP contribution is -2.23. The number of nitrogens with zero attached hydrogens (tertiary/aromatic N) is 3. The Labute approximate surface area is 151 Å². The fourth-order valence-corrected chi connectivity index (χ4v) is 3.94. The minimum atomic E-state index is -0.137. The first-order chi connectivity index (χ1) is 12.2. The van der Waals surface area contributed by atoms with Crippen LogP contribution in [0, 0.1) is 0 Å². The molecule has 0 N–H and O–H groups in total. The summed E-state index contributed by atoms with van der Waals surface area (Å²) in [6, 6.07) is 11.6. The van der Waals surface area contributed by atoms with Gasteiger partial charge in [-0.05, 0) is 41.6 Å². The van der Waals surface area contributed by atoms with Crippen molar-refractivity contribution >= 4 is 33.7 Å². The van der Waals surface area contributed by atoms with E-state index in [0.29, 0.717) is 21.9 Å². The number of aromatic nitrogens is 3. The number of rotatable bonds is 5. The average molecular weight is 369 g/mol. The quantitative estimate of drug-likeness (QED) is 0.542. The van der Waals surface area contributed by atoms with Gasteiger partial charge in [-0.25, -0.2) is 0 Å². The molecule has 0 amide bonds. The van der Waals surface area contributed by atoms with Gasteiger partial charge in [0, 0.05) is 0 Å². The third kappa shape index (κ3) is 3.20. The predicted octanol–water partition coefficient (Wildman–Crippen LogP) is 3.22. The maximum atomic E-state index is 12.5. The number of thiophene rings is 1. The number of ether oxygens (including phenoxy) is 1. The Hall–Kier alpha value is -2.51. The van der Waals surface area contributed by atoms with Gasteiger partial charge in [0.15, 0.2) is 5.82 Å². The summed E-state index contributed by atoms with van der Waals surface area (Å²) >= 11 is 2.91. The van der Waals surface area contributed by atoms with Crippen molar-refractivity contribution in [3.63, 3.8) is 0 Å². The molecule has 3 heterocycles. The Balaban J connectivity index is 1.67. The fourth-order valence-electron chi connectivity index (χ4n) is 2.38. The van der Waals surface area contributed by atoms with E-state index in [2.05, 4.69) is 17.0 Å². The smallest absolute Gasteiger partial charge is 0.291 e. The lowest BCUT2D eigenvalue weighted by Gasteiger charge is -2.03. The monoisotopic (exact) mass is 369 g/mol. The lowest BCUT2D eigenvalue weighted by molar-refractivity contribution is 0.317. The molecule has 7 heteroatoms. The van der Waals surface area contributed by atoms with Gasteiger partial charge in [-0.2, -0.15) is 9.50 Å². The van der Waals surface area contributed by atoms with E-state index in [1.165, 1.54) is 15.9 Å². The van der Waals surface area contributed by atoms with E-state index in [-0.39, 0.29) is 5.56 Å². The molecule has 5 nitrogen and oxygen atoms in total. The molecule has 0 aliphatic rings. The lowest BCUT2D eigenvalue weighted by atomic mass is 10.2. The van der Waals surface area contributed by atoms with Gasteiger partial charge in [0.2, 0.25) is 4.96 Å². The first-order valence-electron chi connectivity index (χ1n) is 7.92. The summed E-state index contributed by atoms with van der Waals surface area (Å²) in [5, 5.41) is 6.31. The van der Waals surface area contributed by atoms with Gasteiger partial charge in [-0.3, -0.25) is 4.79 Å². The first-order valence-corrected chi connectivity index (χ1v) is 9.62. The van der Waals surface area contributed by atoms with Crippen LogP contribution in [0.2, 0.25) is 0 Å². The molecule has 0 fully saturated rings. The zero-order chi connectivity index (χ0) is 17.2. The zero-order valence-electron chi connectivity index (χ0n) is 13.5. The third-order valence-electron chi connectivity index (χ3n) is 3.57. The summed E-state index contributed by atoms with van der Waals surface area (Å²) < 4.78 is 7.57. The van der Waals surface area contributed by atoms with Crippen LogP contribution >= 0.6 is 22.7 Å². The molecule has 1 aromatic carbocycles. The molecule has 0 aliphatic carbocycles. The van der Waals surface area contributed by atoms with Crippen LogP contribution in [-0.2, 0) is 0 Å². The molecule has 0 saturated carbocycles. The molecule has 0 unspecified atom stereocenters. The van der Waals surface area contributed by atoms with Crippen LogP contribution in [0.3, 0.4) is 0 Å². The van der Waals surface area contributed by atoms with Gasteiger partial charge >= 0.3 is 0 Å². The summed E-state index contributed by atoms with van der Waals surface area (Å²) in [5.41, 5.74) is 0.811. The standard InChI is InChI=1S/C18H15N3O2S2/c1-2-9-23-13-7-5-12(6-8-13)11-15-17(22)21-18(25-15)19-16(20-21)14-4-3-10-24-14/h3-8,10-11H,2,9H2,1H3/b15-11-. The SMILES string of the molecule is CCCOc1ccc(/C=c2\sc3nc(-c4cccs4)nn3c2=O)cc1. The predicted molar refractivity (Wildman–Crippen MR) is 101 cm³/mol. The van der Waals surface area contributed by atoms with Gasteiger partial charge in [0.25, 0.3) is 5.56 Å². The van der Waals surface area contributed by atoms with E-state index in [4.69, 9.17) is 4.74 Å². The molecule has 3 aromatic heterocycles. The maximum absolute atomic E-state index is 12.5. The normalized spacial score (nSPS) is 12.1. The van der Waals surface area contributed by atoms with Gasteiger partial charge in [0.1, 0.15) is 5.75 Å². The van der Waals surface area contributed by atoms with Crippen LogP contribution < -0.4 is 14.8 Å². The summed E-state index contributed by atoms with van der Waals surface area (Å²) in [7, 11) is 0.